The van der Waals surface area contributed by atoms with Crippen LogP contribution in [-0.2, 0) is 32.7 Å². The van der Waals surface area contributed by atoms with Crippen LogP contribution < -0.4 is 5.32 Å². The number of ether oxygens (including phenoxy) is 1. The van der Waals surface area contributed by atoms with Crippen molar-refractivity contribution in [2.24, 2.45) is 0 Å². The van der Waals surface area contributed by atoms with Gasteiger partial charge < -0.3 is 25.2 Å². The Morgan fingerprint density at radius 2 is 0.825 bits per heavy atom. The lowest BCUT2D eigenvalue weighted by atomic mass is 10.0. The Morgan fingerprint density at radius 3 is 1.21 bits per heavy atom. The molecule has 63 heavy (non-hydrogen) atoms. The molecule has 11 nitrogen and oxygen atoms in total. The lowest BCUT2D eigenvalue weighted by Crippen LogP contribution is -2.43. The number of unbranched alkanes of at least 4 members (excludes halogenated alkanes) is 34. The molecule has 0 bridgehead atoms. The van der Waals surface area contributed by atoms with Crippen molar-refractivity contribution in [3.8, 4) is 0 Å². The van der Waals surface area contributed by atoms with Gasteiger partial charge >= 0.3 is 19.8 Å². The first-order valence-corrected chi connectivity index (χ1v) is 27.7. The molecular weight excluding hydrogens is 818 g/mol. The van der Waals surface area contributed by atoms with Crippen LogP contribution in [0.5, 0.6) is 0 Å². The van der Waals surface area contributed by atoms with Crippen LogP contribution in [0.1, 0.15) is 264 Å². The third kappa shape index (κ3) is 46.5. The van der Waals surface area contributed by atoms with Gasteiger partial charge in [0.25, 0.3) is 0 Å². The van der Waals surface area contributed by atoms with Gasteiger partial charge in [0.05, 0.1) is 13.2 Å². The van der Waals surface area contributed by atoms with Gasteiger partial charge in [0, 0.05) is 12.8 Å². The summed E-state index contributed by atoms with van der Waals surface area (Å²) in [6.45, 7) is 2.64. The molecule has 0 saturated carbocycles. The van der Waals surface area contributed by atoms with Crippen LogP contribution in [0.4, 0.5) is 0 Å². The van der Waals surface area contributed by atoms with Crippen LogP contribution in [0.25, 0.3) is 0 Å². The first-order chi connectivity index (χ1) is 30.6. The van der Waals surface area contributed by atoms with Crippen molar-refractivity contribution in [3.05, 3.63) is 12.2 Å². The third-order valence-electron chi connectivity index (χ3n) is 11.8. The zero-order chi connectivity index (χ0) is 46.3. The van der Waals surface area contributed by atoms with Gasteiger partial charge in [-0.15, -0.1) is 0 Å². The Morgan fingerprint density at radius 1 is 0.492 bits per heavy atom. The summed E-state index contributed by atoms with van der Waals surface area (Å²) < 4.78 is 27.0. The predicted molar refractivity (Wildman–Crippen MR) is 259 cm³/mol. The SMILES string of the molecule is CCCCCCCC/C=C/CCCCCCCCCCCCCCCC(=O)NC(COP(=O)(O)OCC(O)COC(=O)CCCCCCCCCCCCCCCCCC)C(=O)O. The number of phosphoric ester groups is 1. The van der Waals surface area contributed by atoms with Gasteiger partial charge in [-0.25, -0.2) is 9.36 Å². The van der Waals surface area contributed by atoms with E-state index in [1.165, 1.54) is 186 Å². The number of phosphoric acid groups is 1. The van der Waals surface area contributed by atoms with Crippen molar-refractivity contribution < 1.29 is 47.8 Å². The van der Waals surface area contributed by atoms with E-state index in [-0.39, 0.29) is 12.8 Å². The predicted octanol–water partition coefficient (Wildman–Crippen LogP) is 14.4. The average molecular weight is 916 g/mol. The molecule has 1 amide bonds. The van der Waals surface area contributed by atoms with E-state index in [1.807, 2.05) is 0 Å². The summed E-state index contributed by atoms with van der Waals surface area (Å²) in [6.07, 6.45) is 49.5. The third-order valence-corrected chi connectivity index (χ3v) is 12.8. The molecule has 3 atom stereocenters. The zero-order valence-corrected chi connectivity index (χ0v) is 41.5. The maximum absolute atomic E-state index is 12.4. The van der Waals surface area contributed by atoms with Gasteiger partial charge in [0.2, 0.25) is 5.91 Å². The molecular formula is C51H98NO10P. The average Bonchev–Trinajstić information content (AvgIpc) is 3.26. The smallest absolute Gasteiger partial charge is 0.472 e. The highest BCUT2D eigenvalue weighted by atomic mass is 31.2. The van der Waals surface area contributed by atoms with E-state index >= 15 is 0 Å². The summed E-state index contributed by atoms with van der Waals surface area (Å²) in [4.78, 5) is 46.1. The number of aliphatic hydroxyl groups excluding tert-OH is 1. The molecule has 0 saturated heterocycles. The number of hydrogen-bond acceptors (Lipinski definition) is 8. The summed E-state index contributed by atoms with van der Waals surface area (Å²) in [6, 6.07) is -1.54. The minimum atomic E-state index is -4.76. The Kier molecular flexibility index (Phi) is 45.4. The highest BCUT2D eigenvalue weighted by molar-refractivity contribution is 7.47. The largest absolute Gasteiger partial charge is 0.480 e. The molecule has 0 aliphatic heterocycles. The van der Waals surface area contributed by atoms with Crippen molar-refractivity contribution in [2.75, 3.05) is 19.8 Å². The number of carboxylic acids is 1. The molecule has 372 valence electrons. The van der Waals surface area contributed by atoms with Crippen LogP contribution >= 0.6 is 7.82 Å². The Labute approximate surface area is 386 Å². The standard InChI is InChI=1S/C51H98NO10P/c1-3-5-7-9-11-13-15-17-19-21-22-23-24-25-26-27-28-30-32-34-36-38-40-42-49(54)52-48(51(56)57)46-62-63(58,59)61-45-47(53)44-60-50(55)43-41-39-37-35-33-31-29-20-18-16-14-12-10-8-6-4-2/h17,19,47-48,53H,3-16,18,20-46H2,1-2H3,(H,52,54)(H,56,57)(H,58,59)/b19-17+. The molecule has 0 aromatic heterocycles. The summed E-state index contributed by atoms with van der Waals surface area (Å²) in [5.74, 6) is -2.35. The second-order valence-electron chi connectivity index (χ2n) is 18.1. The molecule has 0 heterocycles. The van der Waals surface area contributed by atoms with Gasteiger partial charge in [-0.05, 0) is 38.5 Å². The fraction of sp³-hybridized carbons (Fsp3) is 0.902. The molecule has 0 fully saturated rings. The van der Waals surface area contributed by atoms with Crippen molar-refractivity contribution in [3.63, 3.8) is 0 Å². The minimum Gasteiger partial charge on any atom is -0.480 e. The first-order valence-electron chi connectivity index (χ1n) is 26.2. The number of aliphatic hydroxyl groups is 1. The van der Waals surface area contributed by atoms with Crippen LogP contribution in [-0.4, -0.2) is 64.9 Å². The monoisotopic (exact) mass is 916 g/mol. The first kappa shape index (κ1) is 61.2. The van der Waals surface area contributed by atoms with Crippen LogP contribution in [0, 0.1) is 0 Å². The number of hydrogen-bond donors (Lipinski definition) is 4. The van der Waals surface area contributed by atoms with Crippen LogP contribution in [0.15, 0.2) is 12.2 Å². The van der Waals surface area contributed by atoms with Gasteiger partial charge in [0.15, 0.2) is 6.04 Å². The lowest BCUT2D eigenvalue weighted by Gasteiger charge is -2.18. The summed E-state index contributed by atoms with van der Waals surface area (Å²) in [7, 11) is -4.76. The molecule has 0 aromatic carbocycles. The molecule has 12 heteroatoms. The van der Waals surface area contributed by atoms with Gasteiger partial charge in [-0.1, -0.05) is 225 Å². The molecule has 0 radical (unpaired) electrons. The highest BCUT2D eigenvalue weighted by Gasteiger charge is 2.28. The van der Waals surface area contributed by atoms with E-state index in [0.29, 0.717) is 12.8 Å². The Bertz CT molecular complexity index is 1120. The maximum Gasteiger partial charge on any atom is 0.472 e. The number of aliphatic carboxylic acids is 1. The van der Waals surface area contributed by atoms with Crippen molar-refractivity contribution in [1.29, 1.82) is 0 Å². The number of esters is 1. The number of amides is 1. The number of carboxylic acid groups (broad SMARTS) is 1. The summed E-state index contributed by atoms with van der Waals surface area (Å²) in [5.41, 5.74) is 0. The van der Waals surface area contributed by atoms with E-state index < -0.39 is 57.6 Å². The normalized spacial score (nSPS) is 13.6. The van der Waals surface area contributed by atoms with E-state index in [2.05, 4.69) is 31.3 Å². The van der Waals surface area contributed by atoms with Crippen LogP contribution in [0.2, 0.25) is 0 Å². The highest BCUT2D eigenvalue weighted by Crippen LogP contribution is 2.43. The summed E-state index contributed by atoms with van der Waals surface area (Å²) in [5, 5.41) is 21.9. The van der Waals surface area contributed by atoms with Gasteiger partial charge in [-0.2, -0.15) is 0 Å². The van der Waals surface area contributed by atoms with E-state index in [0.717, 1.165) is 38.5 Å². The molecule has 3 unspecified atom stereocenters. The van der Waals surface area contributed by atoms with E-state index in [9.17, 15) is 34.1 Å². The molecule has 0 spiro atoms. The van der Waals surface area contributed by atoms with Gasteiger partial charge in [0.1, 0.15) is 12.7 Å². The Hall–Kier alpha value is -1.78. The molecule has 0 aliphatic rings. The maximum atomic E-state index is 12.4. The summed E-state index contributed by atoms with van der Waals surface area (Å²) >= 11 is 0. The van der Waals surface area contributed by atoms with Crippen LogP contribution in [0.3, 0.4) is 0 Å². The Balaban J connectivity index is 3.78. The van der Waals surface area contributed by atoms with E-state index in [4.69, 9.17) is 13.8 Å². The number of nitrogens with one attached hydrogen (secondary N) is 1. The molecule has 0 aliphatic carbocycles. The number of carbonyl (C=O) groups is 3. The minimum absolute atomic E-state index is 0.150. The molecule has 4 N–H and O–H groups in total. The molecule has 0 rings (SSSR count). The van der Waals surface area contributed by atoms with Crippen molar-refractivity contribution in [2.45, 2.75) is 276 Å². The number of allylic oxidation sites excluding steroid dienone is 2. The van der Waals surface area contributed by atoms with Crippen molar-refractivity contribution in [1.82, 2.24) is 5.32 Å². The van der Waals surface area contributed by atoms with Gasteiger partial charge in [-0.3, -0.25) is 18.6 Å². The number of carbonyl (C=O) groups excluding carboxylic acids is 2. The second-order valence-corrected chi connectivity index (χ2v) is 19.5. The number of rotatable bonds is 50. The lowest BCUT2D eigenvalue weighted by molar-refractivity contribution is -0.147. The zero-order valence-electron chi connectivity index (χ0n) is 40.7. The molecule has 0 aromatic rings. The quantitative estimate of drug-likeness (QED) is 0.0199. The van der Waals surface area contributed by atoms with E-state index in [1.54, 1.807) is 0 Å². The fourth-order valence-corrected chi connectivity index (χ4v) is 8.50. The second kappa shape index (κ2) is 46.7. The fourth-order valence-electron chi connectivity index (χ4n) is 7.72. The van der Waals surface area contributed by atoms with Crippen molar-refractivity contribution >= 4 is 25.7 Å². The topological polar surface area (TPSA) is 169 Å².